The molecule has 0 aliphatic heterocycles. The molecule has 0 unspecified atom stereocenters. The maximum Gasteiger partial charge on any atom is 0.273 e. The van der Waals surface area contributed by atoms with Crippen LogP contribution in [0.25, 0.3) is 22.5 Å². The fourth-order valence-corrected chi connectivity index (χ4v) is 4.05. The molecule has 0 aliphatic carbocycles. The third-order valence-electron chi connectivity index (χ3n) is 5.73. The second-order valence-electron chi connectivity index (χ2n) is 8.22. The molecule has 4 aromatic rings. The maximum absolute atomic E-state index is 13.8. The van der Waals surface area contributed by atoms with Crippen molar-refractivity contribution in [3.63, 3.8) is 0 Å². The van der Waals surface area contributed by atoms with Gasteiger partial charge in [0.05, 0.1) is 16.4 Å². The third kappa shape index (κ3) is 5.77. The van der Waals surface area contributed by atoms with Gasteiger partial charge in [0.2, 0.25) is 0 Å². The van der Waals surface area contributed by atoms with Crippen molar-refractivity contribution in [2.24, 2.45) is 0 Å². The number of hydrogen-bond donors (Lipinski definition) is 0. The predicted molar refractivity (Wildman–Crippen MR) is 131 cm³/mol. The van der Waals surface area contributed by atoms with E-state index in [-0.39, 0.29) is 35.6 Å². The normalized spacial score (nSPS) is 11.5. The molecule has 0 amide bonds. The van der Waals surface area contributed by atoms with Crippen LogP contribution < -0.4 is 0 Å². The largest absolute Gasteiger partial charge is 0.299 e. The fraction of sp³-hybridized carbons (Fsp3) is 0.179. The molecular weight excluding hydrogens is 473 g/mol. The lowest BCUT2D eigenvalue weighted by Gasteiger charge is -2.14. The number of alkyl halides is 2. The van der Waals surface area contributed by atoms with E-state index in [1.54, 1.807) is 30.6 Å². The van der Waals surface area contributed by atoms with Crippen molar-refractivity contribution in [3.05, 3.63) is 107 Å². The van der Waals surface area contributed by atoms with Crippen LogP contribution in [0, 0.1) is 5.82 Å². The standard InChI is InChI=1S/C28H22ClF3N2O/c1-2-28(31,32)21-9-5-19(6-10-21)16-23(35)15-18-3-7-20(8-4-18)26-27(34-14-13-33-26)24-12-11-22(30)17-25(24)29/h3-14,17H,2,15-16H2,1H3. The molecule has 0 atom stereocenters. The summed E-state index contributed by atoms with van der Waals surface area (Å²) in [6, 6.07) is 17.4. The highest BCUT2D eigenvalue weighted by atomic mass is 35.5. The van der Waals surface area contributed by atoms with Gasteiger partial charge >= 0.3 is 0 Å². The van der Waals surface area contributed by atoms with Crippen LogP contribution in [0.4, 0.5) is 13.2 Å². The Morgan fingerprint density at radius 3 is 2.00 bits per heavy atom. The van der Waals surface area contributed by atoms with E-state index >= 15 is 0 Å². The van der Waals surface area contributed by atoms with Crippen LogP contribution in [-0.2, 0) is 23.6 Å². The highest BCUT2D eigenvalue weighted by molar-refractivity contribution is 6.33. The minimum absolute atomic E-state index is 0.0222. The molecule has 0 spiro atoms. The molecule has 178 valence electrons. The highest BCUT2D eigenvalue weighted by Gasteiger charge is 2.28. The first-order valence-corrected chi connectivity index (χ1v) is 11.5. The van der Waals surface area contributed by atoms with Gasteiger partial charge in [-0.3, -0.25) is 14.8 Å². The van der Waals surface area contributed by atoms with Gasteiger partial charge in [0.25, 0.3) is 5.92 Å². The lowest BCUT2D eigenvalue weighted by atomic mass is 9.98. The Balaban J connectivity index is 1.47. The predicted octanol–water partition coefficient (Wildman–Crippen LogP) is 7.46. The quantitative estimate of drug-likeness (QED) is 0.255. The van der Waals surface area contributed by atoms with Gasteiger partial charge in [-0.2, -0.15) is 0 Å². The third-order valence-corrected chi connectivity index (χ3v) is 6.05. The Hall–Kier alpha value is -3.51. The molecule has 0 fully saturated rings. The van der Waals surface area contributed by atoms with E-state index in [2.05, 4.69) is 9.97 Å². The van der Waals surface area contributed by atoms with Crippen LogP contribution in [0.1, 0.15) is 30.0 Å². The van der Waals surface area contributed by atoms with Crippen LogP contribution in [0.3, 0.4) is 0 Å². The van der Waals surface area contributed by atoms with E-state index in [4.69, 9.17) is 11.6 Å². The molecule has 7 heteroatoms. The van der Waals surface area contributed by atoms with Crippen LogP contribution in [0.15, 0.2) is 79.1 Å². The van der Waals surface area contributed by atoms with Crippen molar-refractivity contribution >= 4 is 17.4 Å². The lowest BCUT2D eigenvalue weighted by Crippen LogP contribution is -2.12. The van der Waals surface area contributed by atoms with Crippen molar-refractivity contribution in [1.29, 1.82) is 0 Å². The highest BCUT2D eigenvalue weighted by Crippen LogP contribution is 2.34. The molecule has 3 nitrogen and oxygen atoms in total. The van der Waals surface area contributed by atoms with Gasteiger partial charge < -0.3 is 0 Å². The van der Waals surface area contributed by atoms with E-state index in [1.165, 1.54) is 31.2 Å². The molecule has 3 aromatic carbocycles. The molecule has 0 radical (unpaired) electrons. The van der Waals surface area contributed by atoms with Crippen molar-refractivity contribution in [2.75, 3.05) is 0 Å². The molecule has 0 saturated heterocycles. The van der Waals surface area contributed by atoms with Gasteiger partial charge in [0.15, 0.2) is 0 Å². The number of carbonyl (C=O) groups excluding carboxylic acids is 1. The van der Waals surface area contributed by atoms with Gasteiger partial charge in [-0.05, 0) is 29.3 Å². The zero-order chi connectivity index (χ0) is 25.0. The summed E-state index contributed by atoms with van der Waals surface area (Å²) in [6.07, 6.45) is 3.21. The second kappa shape index (κ2) is 10.4. The van der Waals surface area contributed by atoms with Crippen LogP contribution >= 0.6 is 11.6 Å². The number of Topliss-reactive ketones (excluding diaryl/α,β-unsaturated/α-hetero) is 1. The number of ketones is 1. The lowest BCUT2D eigenvalue weighted by molar-refractivity contribution is -0.117. The minimum atomic E-state index is -2.87. The number of benzene rings is 3. The number of nitrogens with zero attached hydrogens (tertiary/aromatic N) is 2. The SMILES string of the molecule is CCC(F)(F)c1ccc(CC(=O)Cc2ccc(-c3nccnc3-c3ccc(F)cc3Cl)cc2)cc1. The molecule has 0 N–H and O–H groups in total. The average Bonchev–Trinajstić information content (AvgIpc) is 2.85. The van der Waals surface area contributed by atoms with Gasteiger partial charge in [-0.1, -0.05) is 67.1 Å². The van der Waals surface area contributed by atoms with Crippen molar-refractivity contribution in [1.82, 2.24) is 9.97 Å². The van der Waals surface area contributed by atoms with E-state index in [9.17, 15) is 18.0 Å². The maximum atomic E-state index is 13.8. The second-order valence-corrected chi connectivity index (χ2v) is 8.63. The van der Waals surface area contributed by atoms with Gasteiger partial charge in [0.1, 0.15) is 11.6 Å². The molecule has 35 heavy (non-hydrogen) atoms. The molecule has 4 rings (SSSR count). The molecule has 0 saturated carbocycles. The molecule has 0 bridgehead atoms. The van der Waals surface area contributed by atoms with Crippen molar-refractivity contribution in [2.45, 2.75) is 32.1 Å². The fourth-order valence-electron chi connectivity index (χ4n) is 3.80. The van der Waals surface area contributed by atoms with Gasteiger partial charge in [-0.25, -0.2) is 13.2 Å². The summed E-state index contributed by atoms with van der Waals surface area (Å²) in [5.74, 6) is -3.32. The van der Waals surface area contributed by atoms with Crippen molar-refractivity contribution in [3.8, 4) is 22.5 Å². The molecule has 1 aromatic heterocycles. The number of halogens is 4. The number of hydrogen-bond acceptors (Lipinski definition) is 3. The number of aromatic nitrogens is 2. The van der Waals surface area contributed by atoms with E-state index in [1.807, 2.05) is 24.3 Å². The number of rotatable bonds is 8. The van der Waals surface area contributed by atoms with E-state index in [0.717, 1.165) is 11.1 Å². The van der Waals surface area contributed by atoms with Crippen molar-refractivity contribution < 1.29 is 18.0 Å². The van der Waals surface area contributed by atoms with E-state index < -0.39 is 11.7 Å². The monoisotopic (exact) mass is 494 g/mol. The van der Waals surface area contributed by atoms with Crippen LogP contribution in [0.2, 0.25) is 5.02 Å². The summed E-state index contributed by atoms with van der Waals surface area (Å²) in [5.41, 5.74) is 3.93. The van der Waals surface area contributed by atoms with Gasteiger partial charge in [-0.15, -0.1) is 0 Å². The average molecular weight is 495 g/mol. The Morgan fingerprint density at radius 2 is 1.43 bits per heavy atom. The molecular formula is C28H22ClF3N2O. The summed E-state index contributed by atoms with van der Waals surface area (Å²) in [6.45, 7) is 1.44. The summed E-state index contributed by atoms with van der Waals surface area (Å²) >= 11 is 6.23. The zero-order valence-electron chi connectivity index (χ0n) is 18.9. The summed E-state index contributed by atoms with van der Waals surface area (Å²) in [4.78, 5) is 21.4. The molecule has 1 heterocycles. The van der Waals surface area contributed by atoms with E-state index in [0.29, 0.717) is 22.5 Å². The first-order valence-electron chi connectivity index (χ1n) is 11.1. The van der Waals surface area contributed by atoms with Gasteiger partial charge in [0, 0.05) is 48.3 Å². The first kappa shape index (κ1) is 24.6. The van der Waals surface area contributed by atoms with Crippen LogP contribution in [-0.4, -0.2) is 15.8 Å². The topological polar surface area (TPSA) is 42.9 Å². The van der Waals surface area contributed by atoms with Crippen LogP contribution in [0.5, 0.6) is 0 Å². The summed E-state index contributed by atoms with van der Waals surface area (Å²) in [5, 5.41) is 0.236. The minimum Gasteiger partial charge on any atom is -0.299 e. The summed E-state index contributed by atoms with van der Waals surface area (Å²) < 4.78 is 41.0. The summed E-state index contributed by atoms with van der Waals surface area (Å²) in [7, 11) is 0. The Labute approximate surface area is 206 Å². The smallest absolute Gasteiger partial charge is 0.273 e. The number of carbonyl (C=O) groups is 1. The Morgan fingerprint density at radius 1 is 0.857 bits per heavy atom. The Bertz CT molecular complexity index is 1340. The first-order chi connectivity index (χ1) is 16.8. The Kier molecular flexibility index (Phi) is 7.31. The zero-order valence-corrected chi connectivity index (χ0v) is 19.7. The molecule has 0 aliphatic rings.